The molecule has 0 aromatic heterocycles. The summed E-state index contributed by atoms with van der Waals surface area (Å²) in [6, 6.07) is -2.99. The molecule has 33 heteroatoms. The minimum absolute atomic E-state index is 0.170. The molecule has 6 aliphatic heterocycles. The number of hydrogen-bond acceptors (Lipinski definition) is 31. The summed E-state index contributed by atoms with van der Waals surface area (Å²) in [7, 11) is 0. The summed E-state index contributed by atoms with van der Waals surface area (Å²) in [5.41, 5.74) is 0. The summed E-state index contributed by atoms with van der Waals surface area (Å²) in [6.45, 7) is 3.57. The lowest BCUT2D eigenvalue weighted by molar-refractivity contribution is -0.400. The van der Waals surface area contributed by atoms with Crippen molar-refractivity contribution in [3.8, 4) is 0 Å². The van der Waals surface area contributed by atoms with Crippen LogP contribution < -0.4 is 10.6 Å². The third-order valence-electron chi connectivity index (χ3n) is 22.9. The van der Waals surface area contributed by atoms with Gasteiger partial charge in [-0.2, -0.15) is 0 Å². The monoisotopic (exact) mass is 1660 g/mol. The number of hydrogen-bond donors (Lipinski definition) is 19. The summed E-state index contributed by atoms with van der Waals surface area (Å²) >= 11 is 0. The summed E-state index contributed by atoms with van der Waals surface area (Å²) in [4.78, 5) is 27.1. The van der Waals surface area contributed by atoms with Crippen molar-refractivity contribution in [2.24, 2.45) is 0 Å². The van der Waals surface area contributed by atoms with Crippen LogP contribution in [0.15, 0.2) is 24.3 Å². The maximum Gasteiger partial charge on any atom is 0.220 e. The lowest BCUT2D eigenvalue weighted by atomic mass is 9.93. The number of nitrogens with one attached hydrogen (secondary N) is 2. The Bertz CT molecular complexity index is 2630. The van der Waals surface area contributed by atoms with Gasteiger partial charge in [0.1, 0.15) is 134 Å². The molecule has 0 aromatic rings. The van der Waals surface area contributed by atoms with Crippen molar-refractivity contribution >= 4 is 11.8 Å². The van der Waals surface area contributed by atoms with Crippen LogP contribution in [0.5, 0.6) is 0 Å². The molecule has 0 aliphatic carbocycles. The number of amides is 2. The SMILES string of the molecule is CCCCCCCC/C=C\CCCCCCCCCCCCCCCC(=O)N[C@@H](CO[C@@H]1OC(CO)[C@@H](O[C@@H]2OC(CO)[C@H](O)[C@H](O[C@@H]3OC(CO)[C@@H](O[C@H]4OC(C)[C@@H](O)C(O)[C@@H]4O)[C@H](O[C@@H]4OC(CO)[C@H](O)[C@H](O)C4O[C@H]4OC(C)[C@@H](O)C(O)[C@@H]4O)C3NC(C)=O)C2O)[C@H](O)C1O)[C@H](O)/C=C/CCCCCCCCCCCCC. The van der Waals surface area contributed by atoms with Crippen LogP contribution in [0.1, 0.15) is 253 Å². The molecule has 6 aliphatic rings. The standard InChI is InChI=1S/C82H148N2O31/c1-6-8-10-12-14-16-18-20-21-22-23-24-25-26-27-28-29-31-33-35-37-39-41-43-58(91)84-52(53(90)42-40-38-36-34-32-30-19-17-15-13-11-9-7-2)48-104-78-70(102)67(99)72(56(46-87)110-78)111-81-71(103)75(63(95)55(45-86)107-81)114-77-59(83-51(5)89)74(73(57(47-88)109-77)112-79-68(100)64(96)60(92)49(3)105-79)113-82-76(66(98)62(94)54(44-85)108-82)115-80-69(101)65(97)61(93)50(4)106-80/h20-21,40,42,49-50,52-57,59-82,85-88,90,92-103H,6-19,22-39,41,43-48H2,1-5H3,(H,83,89)(H,84,91)/b21-20-,42-40+/t49?,50?,52-,53+,54?,55?,56?,57?,59?,60+,61+,62-,63-,64?,65?,66-,67+,68-,69-,70?,71?,72+,73+,74+,75-,76?,77-,78+,79+,80+,81-,82-/m0/s1. The molecule has 12 unspecified atom stereocenters. The Morgan fingerprint density at radius 2 is 0.722 bits per heavy atom. The Morgan fingerprint density at radius 1 is 0.357 bits per heavy atom. The molecule has 115 heavy (non-hydrogen) atoms. The molecule has 6 fully saturated rings. The minimum atomic E-state index is -2.26. The zero-order valence-electron chi connectivity index (χ0n) is 68.7. The number of allylic oxidation sites excluding steroid dienone is 3. The highest BCUT2D eigenvalue weighted by Gasteiger charge is 2.59. The lowest BCUT2D eigenvalue weighted by Crippen LogP contribution is -2.71. The smallest absolute Gasteiger partial charge is 0.220 e. The van der Waals surface area contributed by atoms with E-state index >= 15 is 0 Å². The number of rotatable bonds is 56. The van der Waals surface area contributed by atoms with Gasteiger partial charge in [-0.1, -0.05) is 205 Å². The number of unbranched alkanes of at least 4 members (excludes halogenated alkanes) is 30. The van der Waals surface area contributed by atoms with E-state index in [0.29, 0.717) is 12.8 Å². The molecule has 6 heterocycles. The fraction of sp³-hybridized carbons (Fsp3) is 0.927. The van der Waals surface area contributed by atoms with Crippen LogP contribution in [0.25, 0.3) is 0 Å². The van der Waals surface area contributed by atoms with Crippen LogP contribution in [0.3, 0.4) is 0 Å². The van der Waals surface area contributed by atoms with E-state index in [1.807, 2.05) is 6.08 Å². The molecule has 6 rings (SSSR count). The van der Waals surface area contributed by atoms with Gasteiger partial charge in [0.15, 0.2) is 37.7 Å². The molecule has 0 spiro atoms. The van der Waals surface area contributed by atoms with Gasteiger partial charge in [0.25, 0.3) is 0 Å². The van der Waals surface area contributed by atoms with Crippen molar-refractivity contribution in [3.05, 3.63) is 24.3 Å². The molecule has 2 amide bonds. The van der Waals surface area contributed by atoms with Gasteiger partial charge in [0, 0.05) is 13.3 Å². The fourth-order valence-corrected chi connectivity index (χ4v) is 15.7. The molecule has 6 saturated heterocycles. The van der Waals surface area contributed by atoms with Crippen molar-refractivity contribution in [2.45, 2.75) is 449 Å². The first kappa shape index (κ1) is 101. The number of ether oxygens (including phenoxy) is 12. The Morgan fingerprint density at radius 3 is 1.20 bits per heavy atom. The van der Waals surface area contributed by atoms with Crippen LogP contribution in [-0.2, 0) is 66.4 Å². The van der Waals surface area contributed by atoms with E-state index in [0.717, 1.165) is 58.3 Å². The highest BCUT2D eigenvalue weighted by Crippen LogP contribution is 2.39. The summed E-state index contributed by atoms with van der Waals surface area (Å²) in [5.74, 6) is -1.25. The quantitative estimate of drug-likeness (QED) is 0.0307. The zero-order chi connectivity index (χ0) is 83.9. The molecule has 0 aromatic carbocycles. The molecule has 0 radical (unpaired) electrons. The van der Waals surface area contributed by atoms with Gasteiger partial charge in [-0.3, -0.25) is 9.59 Å². The maximum absolute atomic E-state index is 13.6. The summed E-state index contributed by atoms with van der Waals surface area (Å²) < 4.78 is 72.6. The minimum Gasteiger partial charge on any atom is -0.394 e. The van der Waals surface area contributed by atoms with Gasteiger partial charge in [-0.25, -0.2) is 0 Å². The topological polar surface area (TPSA) is 513 Å². The average molecular weight is 1660 g/mol. The zero-order valence-corrected chi connectivity index (χ0v) is 68.7. The van der Waals surface area contributed by atoms with Crippen molar-refractivity contribution in [1.29, 1.82) is 0 Å². The molecule has 0 bridgehead atoms. The van der Waals surface area contributed by atoms with Gasteiger partial charge in [0.05, 0.1) is 57.4 Å². The maximum atomic E-state index is 13.6. The lowest BCUT2D eigenvalue weighted by Gasteiger charge is -2.52. The fourth-order valence-electron chi connectivity index (χ4n) is 15.7. The molecule has 19 N–H and O–H groups in total. The number of carbonyl (C=O) groups is 2. The van der Waals surface area contributed by atoms with Gasteiger partial charge in [0.2, 0.25) is 11.8 Å². The van der Waals surface area contributed by atoms with Gasteiger partial charge < -0.3 is 154 Å². The second-order valence-electron chi connectivity index (χ2n) is 32.4. The van der Waals surface area contributed by atoms with E-state index in [2.05, 4.69) is 36.6 Å². The highest BCUT2D eigenvalue weighted by molar-refractivity contribution is 5.76. The molecule has 33 nitrogen and oxygen atoms in total. The van der Waals surface area contributed by atoms with E-state index in [4.69, 9.17) is 56.8 Å². The van der Waals surface area contributed by atoms with Gasteiger partial charge in [-0.15, -0.1) is 0 Å². The van der Waals surface area contributed by atoms with Gasteiger partial charge in [-0.05, 0) is 58.8 Å². The van der Waals surface area contributed by atoms with Crippen molar-refractivity contribution in [2.75, 3.05) is 33.0 Å². The molecular weight excluding hydrogens is 1510 g/mol. The predicted octanol–water partition coefficient (Wildman–Crippen LogP) is 2.38. The Balaban J connectivity index is 1.11. The van der Waals surface area contributed by atoms with Crippen molar-refractivity contribution in [3.63, 3.8) is 0 Å². The van der Waals surface area contributed by atoms with Crippen LogP contribution in [0, 0.1) is 0 Å². The highest BCUT2D eigenvalue weighted by atomic mass is 16.8. The summed E-state index contributed by atoms with van der Waals surface area (Å²) in [6.07, 6.45) is -9.33. The first-order chi connectivity index (χ1) is 55.3. The van der Waals surface area contributed by atoms with Gasteiger partial charge >= 0.3 is 0 Å². The number of aliphatic hydroxyl groups is 17. The van der Waals surface area contributed by atoms with Crippen LogP contribution in [0.2, 0.25) is 0 Å². The third-order valence-corrected chi connectivity index (χ3v) is 22.9. The van der Waals surface area contributed by atoms with E-state index in [1.54, 1.807) is 6.08 Å². The Kier molecular flexibility index (Phi) is 48.7. The van der Waals surface area contributed by atoms with E-state index in [-0.39, 0.29) is 12.3 Å². The Hall–Kier alpha value is -2.74. The van der Waals surface area contributed by atoms with Crippen LogP contribution in [0.4, 0.5) is 0 Å². The number of carbonyl (C=O) groups excluding carboxylic acids is 2. The van der Waals surface area contributed by atoms with E-state index < -0.39 is 235 Å². The summed E-state index contributed by atoms with van der Waals surface area (Å²) in [5, 5.41) is 196. The normalized spacial score (nSPS) is 36.7. The van der Waals surface area contributed by atoms with Crippen LogP contribution >= 0.6 is 0 Å². The molecule has 0 saturated carbocycles. The first-order valence-electron chi connectivity index (χ1n) is 43.3. The largest absolute Gasteiger partial charge is 0.394 e. The average Bonchev–Trinajstić information content (AvgIpc) is 0.758. The predicted molar refractivity (Wildman–Crippen MR) is 416 cm³/mol. The second kappa shape index (κ2) is 55.4. The molecule has 672 valence electrons. The first-order valence-corrected chi connectivity index (χ1v) is 43.3. The second-order valence-corrected chi connectivity index (χ2v) is 32.4. The Labute approximate surface area is 679 Å². The van der Waals surface area contributed by atoms with Crippen molar-refractivity contribution in [1.82, 2.24) is 10.6 Å². The third kappa shape index (κ3) is 32.5. The van der Waals surface area contributed by atoms with Crippen molar-refractivity contribution < 1.29 is 153 Å². The van der Waals surface area contributed by atoms with E-state index in [9.17, 15) is 96.4 Å². The molecule has 32 atom stereocenters. The van der Waals surface area contributed by atoms with Crippen LogP contribution in [-0.4, -0.2) is 328 Å². The number of aliphatic hydroxyl groups excluding tert-OH is 17. The molecular formula is C82H148N2O31. The van der Waals surface area contributed by atoms with E-state index in [1.165, 1.54) is 162 Å².